The fraction of sp³-hybridized carbons (Fsp3) is 0.609. The van der Waals surface area contributed by atoms with E-state index in [0.29, 0.717) is 11.5 Å². The molecule has 30 heavy (non-hydrogen) atoms. The average molecular weight is 414 g/mol. The number of carboxylic acid groups (broad SMARTS) is 1. The minimum absolute atomic E-state index is 0.0340. The predicted molar refractivity (Wildman–Crippen MR) is 113 cm³/mol. The maximum Gasteiger partial charge on any atom is 0.303 e. The van der Waals surface area contributed by atoms with Crippen molar-refractivity contribution in [2.45, 2.75) is 52.1 Å². The molecule has 0 spiro atoms. The highest BCUT2D eigenvalue weighted by Crippen LogP contribution is 2.53. The Bertz CT molecular complexity index is 835. The molecular weight excluding hydrogens is 382 g/mol. The summed E-state index contributed by atoms with van der Waals surface area (Å²) in [6.45, 7) is 7.56. The number of hydrogen-bond acceptors (Lipinski definition) is 5. The van der Waals surface area contributed by atoms with Crippen LogP contribution in [-0.2, 0) is 14.4 Å². The highest BCUT2D eigenvalue weighted by atomic mass is 16.4. The van der Waals surface area contributed by atoms with Crippen molar-refractivity contribution in [2.75, 3.05) is 31.5 Å². The number of Topliss-reactive ketones (excluding diaryl/α,β-unsaturated/α-hetero) is 1. The quantitative estimate of drug-likeness (QED) is 0.681. The Morgan fingerprint density at radius 1 is 1.10 bits per heavy atom. The Hall–Kier alpha value is -2.25. The van der Waals surface area contributed by atoms with Gasteiger partial charge in [0.05, 0.1) is 23.4 Å². The van der Waals surface area contributed by atoms with Gasteiger partial charge in [-0.25, -0.2) is 0 Å². The number of benzene rings is 1. The topological polar surface area (TPSA) is 89.9 Å². The van der Waals surface area contributed by atoms with Crippen LogP contribution in [0, 0.1) is 10.8 Å². The number of nitrogens with zero attached hydrogens (tertiary/aromatic N) is 2. The lowest BCUT2D eigenvalue weighted by atomic mass is 9.59. The van der Waals surface area contributed by atoms with Crippen molar-refractivity contribution in [3.8, 4) is 0 Å². The van der Waals surface area contributed by atoms with Crippen LogP contribution in [0.1, 0.15) is 57.7 Å². The van der Waals surface area contributed by atoms with E-state index in [2.05, 4.69) is 29.0 Å². The van der Waals surface area contributed by atoms with Crippen LogP contribution in [0.4, 0.5) is 5.69 Å². The highest BCUT2D eigenvalue weighted by molar-refractivity contribution is 5.93. The molecule has 2 atom stereocenters. The molecule has 0 aliphatic carbocycles. The third kappa shape index (κ3) is 3.65. The van der Waals surface area contributed by atoms with Gasteiger partial charge in [-0.05, 0) is 24.1 Å². The number of rotatable bonds is 8. The van der Waals surface area contributed by atoms with Crippen molar-refractivity contribution in [3.05, 3.63) is 29.8 Å². The fourth-order valence-electron chi connectivity index (χ4n) is 5.78. The van der Waals surface area contributed by atoms with Gasteiger partial charge in [-0.3, -0.25) is 24.2 Å². The highest BCUT2D eigenvalue weighted by Gasteiger charge is 2.63. The summed E-state index contributed by atoms with van der Waals surface area (Å²) in [5.41, 5.74) is 1.33. The third-order valence-electron chi connectivity index (χ3n) is 6.90. The number of anilines is 1. The minimum Gasteiger partial charge on any atom is -0.481 e. The second-order valence-corrected chi connectivity index (χ2v) is 9.52. The molecule has 7 heteroatoms. The maximum absolute atomic E-state index is 13.3. The van der Waals surface area contributed by atoms with Gasteiger partial charge in [0, 0.05) is 38.3 Å². The molecule has 4 bridgehead atoms. The zero-order valence-electron chi connectivity index (χ0n) is 17.8. The first-order valence-electron chi connectivity index (χ1n) is 10.9. The SMILES string of the molecule is CCCCC12CN3CC(C)(CN(C1)C3c1ccc(NC(=O)CCC(=O)O)cc1)C2=O. The van der Waals surface area contributed by atoms with Gasteiger partial charge in [-0.2, -0.15) is 0 Å². The van der Waals surface area contributed by atoms with E-state index in [-0.39, 0.29) is 35.7 Å². The summed E-state index contributed by atoms with van der Waals surface area (Å²) in [6, 6.07) is 7.81. The zero-order chi connectivity index (χ0) is 21.5. The van der Waals surface area contributed by atoms with E-state index in [9.17, 15) is 14.4 Å². The molecular formula is C23H31N3O4. The summed E-state index contributed by atoms with van der Waals surface area (Å²) < 4.78 is 0. The van der Waals surface area contributed by atoms with Gasteiger partial charge < -0.3 is 10.4 Å². The number of unbranched alkanes of at least 4 members (excludes halogenated alkanes) is 1. The van der Waals surface area contributed by atoms with Crippen LogP contribution in [0.5, 0.6) is 0 Å². The molecule has 162 valence electrons. The number of carboxylic acids is 1. The van der Waals surface area contributed by atoms with E-state index >= 15 is 0 Å². The molecule has 0 aromatic heterocycles. The van der Waals surface area contributed by atoms with E-state index in [0.717, 1.165) is 45.4 Å². The molecule has 0 radical (unpaired) electrons. The number of amides is 1. The van der Waals surface area contributed by atoms with Gasteiger partial charge in [0.1, 0.15) is 5.78 Å². The molecule has 7 nitrogen and oxygen atoms in total. The molecule has 1 amide bonds. The first-order chi connectivity index (χ1) is 14.3. The Morgan fingerprint density at radius 3 is 2.30 bits per heavy atom. The summed E-state index contributed by atoms with van der Waals surface area (Å²) in [6.07, 6.45) is 3.12. The monoisotopic (exact) mass is 413 g/mol. The second-order valence-electron chi connectivity index (χ2n) is 9.52. The maximum atomic E-state index is 13.3. The van der Waals surface area contributed by atoms with Crippen molar-refractivity contribution in [1.82, 2.24) is 9.80 Å². The molecule has 4 heterocycles. The molecule has 4 fully saturated rings. The summed E-state index contributed by atoms with van der Waals surface area (Å²) in [7, 11) is 0. The van der Waals surface area contributed by atoms with Crippen molar-refractivity contribution in [1.29, 1.82) is 0 Å². The van der Waals surface area contributed by atoms with E-state index < -0.39 is 5.97 Å². The van der Waals surface area contributed by atoms with Gasteiger partial charge in [0.25, 0.3) is 0 Å². The molecule has 2 N–H and O–H groups in total. The zero-order valence-corrected chi connectivity index (χ0v) is 17.8. The normalized spacial score (nSPS) is 34.2. The summed E-state index contributed by atoms with van der Waals surface area (Å²) >= 11 is 0. The Kier molecular flexibility index (Phi) is 5.45. The van der Waals surface area contributed by atoms with Crippen LogP contribution in [0.2, 0.25) is 0 Å². The number of aliphatic carboxylic acids is 1. The second kappa shape index (κ2) is 7.78. The van der Waals surface area contributed by atoms with Crippen molar-refractivity contribution in [3.63, 3.8) is 0 Å². The summed E-state index contributed by atoms with van der Waals surface area (Å²) in [5, 5.41) is 11.5. The summed E-state index contributed by atoms with van der Waals surface area (Å²) in [5.74, 6) is -0.806. The standard InChI is InChI=1S/C23H31N3O4/c1-3-4-11-23-14-25-12-22(2,21(23)30)13-26(15-23)20(25)16-5-7-17(8-6-16)24-18(27)9-10-19(28)29/h5-8,20H,3-4,9-15H2,1-2H3,(H,24,27)(H,28,29). The van der Waals surface area contributed by atoms with Gasteiger partial charge >= 0.3 is 5.97 Å². The third-order valence-corrected chi connectivity index (χ3v) is 6.90. The molecule has 1 aromatic carbocycles. The van der Waals surface area contributed by atoms with Crippen molar-refractivity contribution in [2.24, 2.45) is 10.8 Å². The predicted octanol–water partition coefficient (Wildman–Crippen LogP) is 2.89. The minimum atomic E-state index is -0.977. The first kappa shape index (κ1) is 21.0. The lowest BCUT2D eigenvalue weighted by Crippen LogP contribution is -2.76. The van der Waals surface area contributed by atoms with Crippen molar-refractivity contribution >= 4 is 23.3 Å². The lowest BCUT2D eigenvalue weighted by molar-refractivity contribution is -0.201. The molecule has 4 aliphatic rings. The fourth-order valence-corrected chi connectivity index (χ4v) is 5.78. The summed E-state index contributed by atoms with van der Waals surface area (Å²) in [4.78, 5) is 40.7. The van der Waals surface area contributed by atoms with Crippen molar-refractivity contribution < 1.29 is 19.5 Å². The van der Waals surface area contributed by atoms with Crippen LogP contribution < -0.4 is 5.32 Å². The van der Waals surface area contributed by atoms with Crippen LogP contribution in [0.15, 0.2) is 24.3 Å². The molecule has 5 rings (SSSR count). The van der Waals surface area contributed by atoms with Crippen LogP contribution in [-0.4, -0.2) is 58.7 Å². The van der Waals surface area contributed by atoms with Gasteiger partial charge in [-0.1, -0.05) is 38.8 Å². The number of carbonyl (C=O) groups is 3. The van der Waals surface area contributed by atoms with Gasteiger partial charge in [-0.15, -0.1) is 0 Å². The van der Waals surface area contributed by atoms with E-state index in [4.69, 9.17) is 5.11 Å². The number of hydrogen-bond donors (Lipinski definition) is 2. The van der Waals surface area contributed by atoms with Crippen LogP contribution in [0.25, 0.3) is 0 Å². The van der Waals surface area contributed by atoms with Crippen LogP contribution >= 0.6 is 0 Å². The molecule has 4 aliphatic heterocycles. The first-order valence-corrected chi connectivity index (χ1v) is 10.9. The van der Waals surface area contributed by atoms with Gasteiger partial charge in [0.2, 0.25) is 5.91 Å². The Labute approximate surface area is 177 Å². The molecule has 1 aromatic rings. The Balaban J connectivity index is 1.48. The van der Waals surface area contributed by atoms with E-state index in [1.165, 1.54) is 5.56 Å². The largest absolute Gasteiger partial charge is 0.481 e. The lowest BCUT2D eigenvalue weighted by Gasteiger charge is -2.65. The molecule has 2 unspecified atom stereocenters. The van der Waals surface area contributed by atoms with Crippen LogP contribution in [0.3, 0.4) is 0 Å². The number of ketones is 1. The van der Waals surface area contributed by atoms with Gasteiger partial charge in [0.15, 0.2) is 0 Å². The number of piperidine rings is 2. The smallest absolute Gasteiger partial charge is 0.303 e. The van der Waals surface area contributed by atoms with E-state index in [1.54, 1.807) is 0 Å². The molecule has 0 saturated carbocycles. The number of carbonyl (C=O) groups excluding carboxylic acids is 2. The molecule has 4 saturated heterocycles. The Morgan fingerprint density at radius 2 is 1.73 bits per heavy atom. The number of nitrogens with one attached hydrogen (secondary N) is 1. The average Bonchev–Trinajstić information content (AvgIpc) is 2.69. The van der Waals surface area contributed by atoms with E-state index in [1.807, 2.05) is 24.3 Å².